The van der Waals surface area contributed by atoms with Crippen molar-refractivity contribution < 1.29 is 14.3 Å². The van der Waals surface area contributed by atoms with Crippen molar-refractivity contribution in [3.63, 3.8) is 0 Å². The van der Waals surface area contributed by atoms with Gasteiger partial charge >= 0.3 is 0 Å². The van der Waals surface area contributed by atoms with Crippen LogP contribution in [0.2, 0.25) is 0 Å². The molecule has 0 atom stereocenters. The number of benzene rings is 2. The Hall–Kier alpha value is -2.13. The minimum absolute atomic E-state index is 0.0170. The standard InChI is InChI=1S/C24H29N3O3S2/c1-3-30-20-6-4-7-21-22(20)25-24(32-21)27(13-5-12-26-14-16-29-17-15-26)23(28)18-8-10-19(31-2)11-9-18/h4,6-11H,3,5,12-17H2,1-2H3. The van der Waals surface area contributed by atoms with Crippen molar-refractivity contribution in [1.82, 2.24) is 9.88 Å². The number of para-hydroxylation sites is 1. The summed E-state index contributed by atoms with van der Waals surface area (Å²) in [6, 6.07) is 13.7. The lowest BCUT2D eigenvalue weighted by atomic mass is 10.2. The van der Waals surface area contributed by atoms with E-state index in [0.717, 1.165) is 60.1 Å². The van der Waals surface area contributed by atoms with Crippen LogP contribution in [-0.2, 0) is 4.74 Å². The van der Waals surface area contributed by atoms with Crippen LogP contribution in [-0.4, -0.2) is 68.0 Å². The van der Waals surface area contributed by atoms with Crippen molar-refractivity contribution in [2.24, 2.45) is 0 Å². The van der Waals surface area contributed by atoms with E-state index in [4.69, 9.17) is 14.5 Å². The number of carbonyl (C=O) groups is 1. The first kappa shape index (κ1) is 23.0. The molecule has 2 heterocycles. The number of amides is 1. The highest BCUT2D eigenvalue weighted by Crippen LogP contribution is 2.35. The third kappa shape index (κ3) is 5.43. The number of carbonyl (C=O) groups excluding carboxylic acids is 1. The van der Waals surface area contributed by atoms with Gasteiger partial charge in [0.2, 0.25) is 0 Å². The van der Waals surface area contributed by atoms with Crippen molar-refractivity contribution in [1.29, 1.82) is 0 Å². The highest BCUT2D eigenvalue weighted by atomic mass is 32.2. The van der Waals surface area contributed by atoms with Crippen LogP contribution in [0.1, 0.15) is 23.7 Å². The van der Waals surface area contributed by atoms with E-state index in [9.17, 15) is 4.79 Å². The second-order valence-corrected chi connectivity index (χ2v) is 9.41. The molecule has 32 heavy (non-hydrogen) atoms. The van der Waals surface area contributed by atoms with E-state index in [-0.39, 0.29) is 5.91 Å². The Balaban J connectivity index is 1.59. The molecule has 8 heteroatoms. The van der Waals surface area contributed by atoms with Gasteiger partial charge in [-0.05, 0) is 56.0 Å². The molecule has 0 spiro atoms. The van der Waals surface area contributed by atoms with Crippen LogP contribution >= 0.6 is 23.1 Å². The van der Waals surface area contributed by atoms with E-state index < -0.39 is 0 Å². The van der Waals surface area contributed by atoms with Gasteiger partial charge in [-0.3, -0.25) is 14.6 Å². The molecule has 0 aliphatic carbocycles. The molecule has 2 aromatic carbocycles. The summed E-state index contributed by atoms with van der Waals surface area (Å²) in [5.41, 5.74) is 1.50. The lowest BCUT2D eigenvalue weighted by Gasteiger charge is -2.27. The van der Waals surface area contributed by atoms with Crippen molar-refractivity contribution in [2.45, 2.75) is 18.2 Å². The number of thioether (sulfide) groups is 1. The fourth-order valence-electron chi connectivity index (χ4n) is 3.75. The Morgan fingerprint density at radius 1 is 1.22 bits per heavy atom. The van der Waals surface area contributed by atoms with Gasteiger partial charge in [-0.1, -0.05) is 17.4 Å². The number of hydrogen-bond donors (Lipinski definition) is 0. The van der Waals surface area contributed by atoms with Gasteiger partial charge in [-0.2, -0.15) is 0 Å². The van der Waals surface area contributed by atoms with Crippen molar-refractivity contribution in [3.8, 4) is 5.75 Å². The molecule has 1 fully saturated rings. The van der Waals surface area contributed by atoms with Gasteiger partial charge in [-0.15, -0.1) is 11.8 Å². The molecule has 0 unspecified atom stereocenters. The number of ether oxygens (including phenoxy) is 2. The second kappa shape index (κ2) is 11.1. The molecule has 170 valence electrons. The van der Waals surface area contributed by atoms with Crippen LogP contribution in [0.4, 0.5) is 5.13 Å². The fourth-order valence-corrected chi connectivity index (χ4v) is 5.17. The molecule has 1 aromatic heterocycles. The third-order valence-corrected chi connectivity index (χ3v) is 7.23. The molecular formula is C24H29N3O3S2. The molecule has 0 radical (unpaired) electrons. The average molecular weight is 472 g/mol. The number of aromatic nitrogens is 1. The lowest BCUT2D eigenvalue weighted by molar-refractivity contribution is 0.0376. The molecule has 0 bridgehead atoms. The van der Waals surface area contributed by atoms with E-state index in [2.05, 4.69) is 4.90 Å². The summed E-state index contributed by atoms with van der Waals surface area (Å²) >= 11 is 3.21. The van der Waals surface area contributed by atoms with Crippen LogP contribution in [0.3, 0.4) is 0 Å². The molecule has 1 aliphatic heterocycles. The quantitative estimate of drug-likeness (QED) is 0.419. The van der Waals surface area contributed by atoms with Crippen LogP contribution < -0.4 is 9.64 Å². The van der Waals surface area contributed by atoms with Gasteiger partial charge in [0.15, 0.2) is 5.13 Å². The van der Waals surface area contributed by atoms with E-state index in [1.165, 1.54) is 11.3 Å². The van der Waals surface area contributed by atoms with E-state index in [1.807, 2.05) is 60.5 Å². The summed E-state index contributed by atoms with van der Waals surface area (Å²) in [5, 5.41) is 0.716. The molecule has 4 rings (SSSR count). The summed E-state index contributed by atoms with van der Waals surface area (Å²) in [7, 11) is 0. The number of morpholine rings is 1. The molecule has 1 saturated heterocycles. The molecule has 3 aromatic rings. The first-order chi connectivity index (χ1) is 15.7. The molecule has 0 N–H and O–H groups in total. The zero-order chi connectivity index (χ0) is 22.3. The van der Waals surface area contributed by atoms with E-state index in [0.29, 0.717) is 23.8 Å². The molecule has 6 nitrogen and oxygen atoms in total. The van der Waals surface area contributed by atoms with Crippen LogP contribution in [0.5, 0.6) is 5.75 Å². The number of thiazole rings is 1. The smallest absolute Gasteiger partial charge is 0.260 e. The second-order valence-electron chi connectivity index (χ2n) is 7.53. The van der Waals surface area contributed by atoms with Gasteiger partial charge in [0, 0.05) is 36.6 Å². The van der Waals surface area contributed by atoms with Crippen molar-refractivity contribution >= 4 is 44.4 Å². The summed E-state index contributed by atoms with van der Waals surface area (Å²) in [6.45, 7) is 7.55. The molecule has 1 aliphatic rings. The largest absolute Gasteiger partial charge is 0.492 e. The van der Waals surface area contributed by atoms with Gasteiger partial charge < -0.3 is 9.47 Å². The Kier molecular flexibility index (Phi) is 8.02. The average Bonchev–Trinajstić information content (AvgIpc) is 3.27. The predicted molar refractivity (Wildman–Crippen MR) is 133 cm³/mol. The minimum Gasteiger partial charge on any atom is -0.492 e. The maximum atomic E-state index is 13.5. The van der Waals surface area contributed by atoms with Crippen LogP contribution in [0.25, 0.3) is 10.2 Å². The van der Waals surface area contributed by atoms with Crippen molar-refractivity contribution in [2.75, 3.05) is 57.2 Å². The maximum absolute atomic E-state index is 13.5. The highest BCUT2D eigenvalue weighted by Gasteiger charge is 2.23. The topological polar surface area (TPSA) is 54.9 Å². The van der Waals surface area contributed by atoms with Gasteiger partial charge in [-0.25, -0.2) is 4.98 Å². The van der Waals surface area contributed by atoms with Gasteiger partial charge in [0.1, 0.15) is 11.3 Å². The molecule has 1 amide bonds. The normalized spacial score (nSPS) is 14.6. The maximum Gasteiger partial charge on any atom is 0.260 e. The predicted octanol–water partition coefficient (Wildman–Crippen LogP) is 4.79. The van der Waals surface area contributed by atoms with Crippen molar-refractivity contribution in [3.05, 3.63) is 48.0 Å². The van der Waals surface area contributed by atoms with E-state index >= 15 is 0 Å². The summed E-state index contributed by atoms with van der Waals surface area (Å²) in [6.07, 6.45) is 2.91. The third-order valence-electron chi connectivity index (χ3n) is 5.44. The lowest BCUT2D eigenvalue weighted by Crippen LogP contribution is -2.39. The van der Waals surface area contributed by atoms with Gasteiger partial charge in [0.25, 0.3) is 5.91 Å². The SMILES string of the molecule is CCOc1cccc2sc(N(CCCN3CCOCC3)C(=O)c3ccc(SC)cc3)nc12. The Morgan fingerprint density at radius 2 is 2.00 bits per heavy atom. The zero-order valence-electron chi connectivity index (χ0n) is 18.6. The first-order valence-corrected chi connectivity index (χ1v) is 13.0. The first-order valence-electron chi connectivity index (χ1n) is 11.0. The number of anilines is 1. The summed E-state index contributed by atoms with van der Waals surface area (Å²) < 4.78 is 12.2. The fraction of sp³-hybridized carbons (Fsp3) is 0.417. The minimum atomic E-state index is -0.0170. The number of nitrogens with zero attached hydrogens (tertiary/aromatic N) is 3. The van der Waals surface area contributed by atoms with Crippen LogP contribution in [0.15, 0.2) is 47.4 Å². The van der Waals surface area contributed by atoms with Gasteiger partial charge in [0.05, 0.1) is 24.5 Å². The Bertz CT molecular complexity index is 1030. The Labute approximate surface area is 197 Å². The highest BCUT2D eigenvalue weighted by molar-refractivity contribution is 7.98. The Morgan fingerprint density at radius 3 is 2.72 bits per heavy atom. The monoisotopic (exact) mass is 471 g/mol. The van der Waals surface area contributed by atoms with E-state index in [1.54, 1.807) is 11.8 Å². The number of fused-ring (bicyclic) bond motifs is 1. The number of hydrogen-bond acceptors (Lipinski definition) is 7. The molecule has 0 saturated carbocycles. The van der Waals surface area contributed by atoms with Crippen LogP contribution in [0, 0.1) is 0 Å². The summed E-state index contributed by atoms with van der Waals surface area (Å²) in [5.74, 6) is 0.745. The zero-order valence-corrected chi connectivity index (χ0v) is 20.2. The molecular weight excluding hydrogens is 442 g/mol. The summed E-state index contributed by atoms with van der Waals surface area (Å²) in [4.78, 5) is 23.7. The number of rotatable bonds is 9.